The fraction of sp³-hybridized carbons (Fsp3) is 0.800. The minimum Gasteiger partial charge on any atom is -0.369 e. The van der Waals surface area contributed by atoms with Gasteiger partial charge in [0.2, 0.25) is 11.8 Å². The lowest BCUT2D eigenvalue weighted by atomic mass is 9.96. The summed E-state index contributed by atoms with van der Waals surface area (Å²) in [6.07, 6.45) is 2.62. The van der Waals surface area contributed by atoms with Crippen LogP contribution in [0.25, 0.3) is 0 Å². The van der Waals surface area contributed by atoms with Crippen molar-refractivity contribution in [2.75, 3.05) is 19.0 Å². The van der Waals surface area contributed by atoms with Gasteiger partial charge in [0, 0.05) is 31.3 Å². The van der Waals surface area contributed by atoms with E-state index < -0.39 is 0 Å². The van der Waals surface area contributed by atoms with E-state index in [9.17, 15) is 9.59 Å². The highest BCUT2D eigenvalue weighted by molar-refractivity contribution is 6.17. The summed E-state index contributed by atoms with van der Waals surface area (Å²) in [7, 11) is 0. The molecule has 5 heteroatoms. The summed E-state index contributed by atoms with van der Waals surface area (Å²) >= 11 is 5.52. The number of hydrogen-bond acceptors (Lipinski definition) is 2. The molecule has 86 valence electrons. The first kappa shape index (κ1) is 12.3. The van der Waals surface area contributed by atoms with Gasteiger partial charge < -0.3 is 10.6 Å². The fourth-order valence-electron chi connectivity index (χ4n) is 1.79. The quantitative estimate of drug-likeness (QED) is 0.727. The van der Waals surface area contributed by atoms with Gasteiger partial charge in [0.05, 0.1) is 0 Å². The third-order valence-corrected chi connectivity index (χ3v) is 3.04. The molecule has 0 radical (unpaired) electrons. The van der Waals surface area contributed by atoms with Crippen LogP contribution < -0.4 is 5.73 Å². The van der Waals surface area contributed by atoms with E-state index in [1.54, 1.807) is 4.90 Å². The molecule has 0 saturated carbocycles. The molecule has 0 unspecified atom stereocenters. The van der Waals surface area contributed by atoms with E-state index >= 15 is 0 Å². The third kappa shape index (κ3) is 3.70. The average Bonchev–Trinajstić information content (AvgIpc) is 2.26. The van der Waals surface area contributed by atoms with Gasteiger partial charge in [0.1, 0.15) is 0 Å². The molecule has 0 spiro atoms. The van der Waals surface area contributed by atoms with Crippen molar-refractivity contribution in [3.05, 3.63) is 0 Å². The number of nitrogens with zero attached hydrogens (tertiary/aromatic N) is 1. The molecule has 2 N–H and O–H groups in total. The Morgan fingerprint density at radius 1 is 1.33 bits per heavy atom. The summed E-state index contributed by atoms with van der Waals surface area (Å²) in [5.74, 6) is 0.354. The maximum absolute atomic E-state index is 11.6. The summed E-state index contributed by atoms with van der Waals surface area (Å²) in [5, 5.41) is 0. The van der Waals surface area contributed by atoms with E-state index in [-0.39, 0.29) is 17.7 Å². The first-order valence-corrected chi connectivity index (χ1v) is 5.81. The first-order valence-electron chi connectivity index (χ1n) is 5.28. The van der Waals surface area contributed by atoms with E-state index in [4.69, 9.17) is 17.3 Å². The van der Waals surface area contributed by atoms with Crippen molar-refractivity contribution in [1.29, 1.82) is 0 Å². The third-order valence-electron chi connectivity index (χ3n) is 2.77. The molecule has 1 heterocycles. The van der Waals surface area contributed by atoms with Crippen molar-refractivity contribution in [3.63, 3.8) is 0 Å². The SMILES string of the molecule is NC(=O)C1CCN(C(=O)CCCCl)CC1. The molecule has 1 aliphatic heterocycles. The number of carbonyl (C=O) groups excluding carboxylic acids is 2. The highest BCUT2D eigenvalue weighted by Crippen LogP contribution is 2.17. The summed E-state index contributed by atoms with van der Waals surface area (Å²) in [5.41, 5.74) is 5.21. The topological polar surface area (TPSA) is 63.4 Å². The molecule has 4 nitrogen and oxygen atoms in total. The van der Waals surface area contributed by atoms with E-state index in [2.05, 4.69) is 0 Å². The maximum Gasteiger partial charge on any atom is 0.222 e. The summed E-state index contributed by atoms with van der Waals surface area (Å²) in [6.45, 7) is 1.30. The van der Waals surface area contributed by atoms with Crippen LogP contribution in [0.4, 0.5) is 0 Å². The smallest absolute Gasteiger partial charge is 0.222 e. The summed E-state index contributed by atoms with van der Waals surface area (Å²) < 4.78 is 0. The lowest BCUT2D eigenvalue weighted by Crippen LogP contribution is -2.41. The highest BCUT2D eigenvalue weighted by atomic mass is 35.5. The maximum atomic E-state index is 11.6. The van der Waals surface area contributed by atoms with Crippen LogP contribution in [0, 0.1) is 5.92 Å². The molecule has 0 aliphatic carbocycles. The Bertz CT molecular complexity index is 238. The predicted molar refractivity (Wildman–Crippen MR) is 58.5 cm³/mol. The number of piperidine rings is 1. The number of primary amides is 1. The number of amides is 2. The average molecular weight is 233 g/mol. The number of likely N-dealkylation sites (tertiary alicyclic amines) is 1. The first-order chi connectivity index (χ1) is 7.15. The Kier molecular flexibility index (Phi) is 4.88. The van der Waals surface area contributed by atoms with Crippen LogP contribution in [0.15, 0.2) is 0 Å². The van der Waals surface area contributed by atoms with Crippen LogP contribution in [0.3, 0.4) is 0 Å². The second-order valence-electron chi connectivity index (χ2n) is 3.85. The largest absolute Gasteiger partial charge is 0.369 e. The fourth-order valence-corrected chi connectivity index (χ4v) is 1.92. The van der Waals surface area contributed by atoms with Gasteiger partial charge in [-0.15, -0.1) is 11.6 Å². The van der Waals surface area contributed by atoms with Gasteiger partial charge in [-0.3, -0.25) is 9.59 Å². The summed E-state index contributed by atoms with van der Waals surface area (Å²) in [6, 6.07) is 0. The van der Waals surface area contributed by atoms with E-state index in [0.717, 1.165) is 6.42 Å². The number of hydrogen-bond donors (Lipinski definition) is 1. The van der Waals surface area contributed by atoms with E-state index in [1.807, 2.05) is 0 Å². The molecule has 0 aromatic heterocycles. The van der Waals surface area contributed by atoms with E-state index in [1.165, 1.54) is 0 Å². The Morgan fingerprint density at radius 3 is 2.40 bits per heavy atom. The molecule has 1 saturated heterocycles. The zero-order chi connectivity index (χ0) is 11.3. The van der Waals surface area contributed by atoms with E-state index in [0.29, 0.717) is 38.2 Å². The van der Waals surface area contributed by atoms with Crippen LogP contribution in [-0.2, 0) is 9.59 Å². The number of nitrogens with two attached hydrogens (primary N) is 1. The van der Waals surface area contributed by atoms with Crippen molar-refractivity contribution in [2.45, 2.75) is 25.7 Å². The molecule has 0 bridgehead atoms. The molecular weight excluding hydrogens is 216 g/mol. The lowest BCUT2D eigenvalue weighted by Gasteiger charge is -2.30. The number of rotatable bonds is 4. The van der Waals surface area contributed by atoms with Crippen LogP contribution in [0.5, 0.6) is 0 Å². The Morgan fingerprint density at radius 2 is 1.93 bits per heavy atom. The summed E-state index contributed by atoms with van der Waals surface area (Å²) in [4.78, 5) is 24.3. The molecule has 1 fully saturated rings. The van der Waals surface area contributed by atoms with Crippen LogP contribution in [0.1, 0.15) is 25.7 Å². The van der Waals surface area contributed by atoms with Gasteiger partial charge in [0.15, 0.2) is 0 Å². The molecular formula is C10H17ClN2O2. The van der Waals surface area contributed by atoms with Gasteiger partial charge in [-0.1, -0.05) is 0 Å². The van der Waals surface area contributed by atoms with Crippen molar-refractivity contribution >= 4 is 23.4 Å². The highest BCUT2D eigenvalue weighted by Gasteiger charge is 2.25. The second kappa shape index (κ2) is 5.95. The zero-order valence-electron chi connectivity index (χ0n) is 8.75. The molecule has 0 atom stereocenters. The van der Waals surface area contributed by atoms with Gasteiger partial charge >= 0.3 is 0 Å². The van der Waals surface area contributed by atoms with Gasteiger partial charge in [-0.05, 0) is 19.3 Å². The predicted octanol–water partition coefficient (Wildman–Crippen LogP) is 0.729. The molecule has 0 aromatic rings. The second-order valence-corrected chi connectivity index (χ2v) is 4.23. The van der Waals surface area contributed by atoms with Gasteiger partial charge in [0.25, 0.3) is 0 Å². The molecule has 0 aromatic carbocycles. The van der Waals surface area contributed by atoms with Crippen molar-refractivity contribution in [3.8, 4) is 0 Å². The minimum atomic E-state index is -0.247. The van der Waals surface area contributed by atoms with Crippen LogP contribution in [-0.4, -0.2) is 35.7 Å². The Hall–Kier alpha value is -0.770. The standard InChI is InChI=1S/C10H17ClN2O2/c11-5-1-2-9(14)13-6-3-8(4-7-13)10(12)15/h8H,1-7H2,(H2,12,15). The number of alkyl halides is 1. The van der Waals surface area contributed by atoms with Crippen molar-refractivity contribution in [2.24, 2.45) is 11.7 Å². The molecule has 1 aliphatic rings. The molecule has 2 amide bonds. The Balaban J connectivity index is 2.30. The molecule has 15 heavy (non-hydrogen) atoms. The normalized spacial score (nSPS) is 17.8. The minimum absolute atomic E-state index is 0.0536. The van der Waals surface area contributed by atoms with Crippen LogP contribution in [0.2, 0.25) is 0 Å². The lowest BCUT2D eigenvalue weighted by molar-refractivity contribution is -0.134. The van der Waals surface area contributed by atoms with Gasteiger partial charge in [-0.2, -0.15) is 0 Å². The van der Waals surface area contributed by atoms with Gasteiger partial charge in [-0.25, -0.2) is 0 Å². The van der Waals surface area contributed by atoms with Crippen molar-refractivity contribution < 1.29 is 9.59 Å². The monoisotopic (exact) mass is 232 g/mol. The Labute approximate surface area is 94.7 Å². The van der Waals surface area contributed by atoms with Crippen LogP contribution >= 0.6 is 11.6 Å². The zero-order valence-corrected chi connectivity index (χ0v) is 9.50. The van der Waals surface area contributed by atoms with Crippen molar-refractivity contribution in [1.82, 2.24) is 4.90 Å². The molecule has 1 rings (SSSR count). The number of halogens is 1. The number of carbonyl (C=O) groups is 2.